The number of rotatable bonds is 16. The Labute approximate surface area is 703 Å². The molecule has 8 heteroatoms. The maximum Gasteiger partial charge on any atom is 0.0562 e. The zero-order valence-electron chi connectivity index (χ0n) is 71.4. The lowest BCUT2D eigenvalue weighted by molar-refractivity contribution is 1.12. The molecule has 16 aromatic carbocycles. The van der Waals surface area contributed by atoms with E-state index in [1.54, 1.807) is 0 Å². The second-order valence-electron chi connectivity index (χ2n) is 33.7. The molecular weight excluding hydrogens is 1460 g/mol. The molecule has 0 N–H and O–H groups in total. The van der Waals surface area contributed by atoms with Crippen LogP contribution in [0, 0.1) is 111 Å². The van der Waals surface area contributed by atoms with Crippen molar-refractivity contribution in [1.82, 2.24) is 18.3 Å². The summed E-state index contributed by atoms with van der Waals surface area (Å²) in [5, 5.41) is 11.6. The minimum atomic E-state index is 1.07. The van der Waals surface area contributed by atoms with Crippen LogP contribution in [0.5, 0.6) is 0 Å². The monoisotopic (exact) mass is 1550 g/mol. The zero-order valence-corrected chi connectivity index (χ0v) is 71.4. The van der Waals surface area contributed by atoms with E-state index in [4.69, 9.17) is 0 Å². The van der Waals surface area contributed by atoms with Gasteiger partial charge in [0, 0.05) is 101 Å². The van der Waals surface area contributed by atoms with Gasteiger partial charge in [-0.3, -0.25) is 0 Å². The molecule has 586 valence electrons. The van der Waals surface area contributed by atoms with Gasteiger partial charge in [-0.1, -0.05) is 170 Å². The molecule has 0 aliphatic carbocycles. The van der Waals surface area contributed by atoms with Crippen molar-refractivity contribution < 1.29 is 0 Å². The third-order valence-electron chi connectivity index (χ3n) is 26.1. The van der Waals surface area contributed by atoms with Crippen LogP contribution in [-0.2, 0) is 0 Å². The SMILES string of the molecule is Cc1cccc(C)c1N(c1c(C)cc2c(ccn2-c2ccccc2)c1C)c1cc(N(c2c(C)cccc2C)c2c(C)cc3c(ccn3-c3ccccc3)c2C)c2ccc3c(N(c4c(C)cccc4C)c4c(C)cc5c(ccn5-c5ccccc5)c4C)cc(N(c4c(C)cccc4C)c4c(C)cc5c(ccn5-c5ccccc5)c4C)c4ccc1c2c43. The number of aryl methyl sites for hydroxylation is 16. The van der Waals surface area contributed by atoms with Crippen molar-refractivity contribution in [2.45, 2.75) is 111 Å². The van der Waals surface area contributed by atoms with Crippen molar-refractivity contribution in [2.24, 2.45) is 0 Å². The van der Waals surface area contributed by atoms with E-state index in [1.165, 1.54) is 143 Å². The van der Waals surface area contributed by atoms with Crippen LogP contribution in [0.4, 0.5) is 68.2 Å². The number of fused-ring (bicyclic) bond motifs is 4. The van der Waals surface area contributed by atoms with Crippen LogP contribution in [-0.4, -0.2) is 18.3 Å². The Morgan fingerprint density at radius 1 is 0.167 bits per heavy atom. The van der Waals surface area contributed by atoms with Crippen molar-refractivity contribution in [3.63, 3.8) is 0 Å². The molecule has 0 saturated heterocycles. The summed E-state index contributed by atoms with van der Waals surface area (Å²) in [6.07, 6.45) is 9.03. The third-order valence-corrected chi connectivity index (χ3v) is 26.1. The summed E-state index contributed by atoms with van der Waals surface area (Å²) in [7, 11) is 0. The number of hydrogen-bond donors (Lipinski definition) is 0. The van der Waals surface area contributed by atoms with Gasteiger partial charge in [-0.05, 0) is 309 Å². The summed E-state index contributed by atoms with van der Waals surface area (Å²) in [4.78, 5) is 10.8. The van der Waals surface area contributed by atoms with Gasteiger partial charge in [0.15, 0.2) is 0 Å². The molecule has 0 atom stereocenters. The highest BCUT2D eigenvalue weighted by Crippen LogP contribution is 2.60. The largest absolute Gasteiger partial charge is 0.317 e. The van der Waals surface area contributed by atoms with Gasteiger partial charge < -0.3 is 37.9 Å². The Hall–Kier alpha value is -14.1. The molecule has 8 nitrogen and oxygen atoms in total. The zero-order chi connectivity index (χ0) is 82.5. The molecule has 0 saturated carbocycles. The Balaban J connectivity index is 1.00. The normalized spacial score (nSPS) is 11.8. The molecule has 0 aliphatic heterocycles. The highest BCUT2D eigenvalue weighted by atomic mass is 15.2. The summed E-state index contributed by atoms with van der Waals surface area (Å²) in [6.45, 7) is 37.3. The fraction of sp³-hybridized carbons (Fsp3) is 0.143. The van der Waals surface area contributed by atoms with E-state index in [0.29, 0.717) is 0 Å². The topological polar surface area (TPSA) is 32.7 Å². The number of aromatic nitrogens is 4. The lowest BCUT2D eigenvalue weighted by Crippen LogP contribution is -2.20. The van der Waals surface area contributed by atoms with Gasteiger partial charge in [0.05, 0.1) is 90.3 Å². The highest BCUT2D eigenvalue weighted by molar-refractivity contribution is 6.33. The predicted octanol–water partition coefficient (Wildman–Crippen LogP) is 31.2. The maximum absolute atomic E-state index is 2.69. The standard InChI is InChI=1S/C112H98N8/c1-67-33-29-34-68(2)105(67)117(109-75(9)61-95-87(79(109)13)53-57-113(95)83-41-21-17-22-42-83)99-65-100(118(106-69(3)35-30-36-70(106)4)110-76(10)62-96-88(80(110)14)54-58-114(96)84-43-23-18-24-44-84)92-51-52-94-102(120(108-73(7)39-32-40-74(108)8)112-78(12)64-98-90(82(112)16)56-60-116(98)86-47-27-20-28-48-86)66-101(93-50-49-91(99)103(92)104(93)94)119(107-71(5)37-31-38-72(107)6)111-77(11)63-97-89(81(111)15)55-59-115(97)85-45-25-19-26-46-85/h17-66H,1-16H3. The Morgan fingerprint density at radius 2 is 0.358 bits per heavy atom. The first kappa shape index (κ1) is 74.7. The first-order valence-corrected chi connectivity index (χ1v) is 42.1. The van der Waals surface area contributed by atoms with Crippen LogP contribution in [0.3, 0.4) is 0 Å². The first-order valence-electron chi connectivity index (χ1n) is 42.1. The van der Waals surface area contributed by atoms with E-state index in [1.807, 2.05) is 0 Å². The predicted molar refractivity (Wildman–Crippen MR) is 512 cm³/mol. The fourth-order valence-electron chi connectivity index (χ4n) is 20.8. The van der Waals surface area contributed by atoms with Crippen LogP contribution in [0.25, 0.3) is 98.7 Å². The summed E-state index contributed by atoms with van der Waals surface area (Å²) in [5.41, 5.74) is 41.5. The number of anilines is 12. The molecular formula is C112H98N8. The molecule has 0 spiro atoms. The van der Waals surface area contributed by atoms with Crippen molar-refractivity contribution in [1.29, 1.82) is 0 Å². The number of nitrogens with zero attached hydrogens (tertiary/aromatic N) is 8. The number of hydrogen-bond acceptors (Lipinski definition) is 4. The van der Waals surface area contributed by atoms with Crippen molar-refractivity contribution in [2.75, 3.05) is 19.6 Å². The molecule has 4 heterocycles. The van der Waals surface area contributed by atoms with Gasteiger partial charge in [0.2, 0.25) is 0 Å². The number of para-hydroxylation sites is 8. The molecule has 0 fully saturated rings. The van der Waals surface area contributed by atoms with E-state index in [-0.39, 0.29) is 0 Å². The summed E-state index contributed by atoms with van der Waals surface area (Å²) in [5.74, 6) is 0. The van der Waals surface area contributed by atoms with Crippen LogP contribution >= 0.6 is 0 Å². The summed E-state index contributed by atoms with van der Waals surface area (Å²) < 4.78 is 9.43. The lowest BCUT2D eigenvalue weighted by Gasteiger charge is -2.38. The van der Waals surface area contributed by atoms with Crippen LogP contribution in [0.15, 0.2) is 304 Å². The van der Waals surface area contributed by atoms with Gasteiger partial charge in [-0.2, -0.15) is 0 Å². The van der Waals surface area contributed by atoms with Crippen LogP contribution in [0.2, 0.25) is 0 Å². The minimum absolute atomic E-state index is 1.07. The first-order chi connectivity index (χ1) is 58.2. The molecule has 4 aromatic heterocycles. The van der Waals surface area contributed by atoms with E-state index in [0.717, 1.165) is 113 Å². The molecule has 0 unspecified atom stereocenters. The van der Waals surface area contributed by atoms with Gasteiger partial charge in [0.25, 0.3) is 0 Å². The Morgan fingerprint density at radius 3 is 0.550 bits per heavy atom. The van der Waals surface area contributed by atoms with Gasteiger partial charge in [-0.15, -0.1) is 0 Å². The van der Waals surface area contributed by atoms with Gasteiger partial charge in [-0.25, -0.2) is 0 Å². The highest BCUT2D eigenvalue weighted by Gasteiger charge is 2.36. The molecule has 0 bridgehead atoms. The fourth-order valence-corrected chi connectivity index (χ4v) is 20.8. The average molecular weight is 1560 g/mol. The van der Waals surface area contributed by atoms with Crippen LogP contribution in [0.1, 0.15) is 89.0 Å². The molecule has 0 radical (unpaired) electrons. The molecule has 0 aliphatic rings. The third kappa shape index (κ3) is 11.6. The van der Waals surface area contributed by atoms with Crippen molar-refractivity contribution in [3.05, 3.63) is 393 Å². The Kier molecular flexibility index (Phi) is 18.0. The van der Waals surface area contributed by atoms with E-state index in [2.05, 4.69) is 452 Å². The van der Waals surface area contributed by atoms with Gasteiger partial charge in [0.1, 0.15) is 0 Å². The van der Waals surface area contributed by atoms with E-state index in [9.17, 15) is 0 Å². The minimum Gasteiger partial charge on any atom is -0.317 e. The molecule has 120 heavy (non-hydrogen) atoms. The maximum atomic E-state index is 2.69. The van der Waals surface area contributed by atoms with Crippen molar-refractivity contribution in [3.8, 4) is 22.7 Å². The average Bonchev–Trinajstić information content (AvgIpc) is 0.712. The molecule has 20 rings (SSSR count). The quantitative estimate of drug-likeness (QED) is 0.0903. The Bertz CT molecular complexity index is 6570. The smallest absolute Gasteiger partial charge is 0.0562 e. The summed E-state index contributed by atoms with van der Waals surface area (Å²) in [6, 6.07) is 105. The van der Waals surface area contributed by atoms with Crippen LogP contribution < -0.4 is 19.6 Å². The molecule has 0 amide bonds. The van der Waals surface area contributed by atoms with Gasteiger partial charge >= 0.3 is 0 Å². The van der Waals surface area contributed by atoms with E-state index < -0.39 is 0 Å². The van der Waals surface area contributed by atoms with E-state index >= 15 is 0 Å². The number of benzene rings is 16. The summed E-state index contributed by atoms with van der Waals surface area (Å²) >= 11 is 0. The lowest BCUT2D eigenvalue weighted by atomic mass is 9.87. The second kappa shape index (κ2) is 28.9. The second-order valence-corrected chi connectivity index (χ2v) is 33.7. The van der Waals surface area contributed by atoms with Crippen molar-refractivity contribution >= 4 is 144 Å². The molecule has 20 aromatic rings.